The van der Waals surface area contributed by atoms with Crippen molar-refractivity contribution < 1.29 is 18.8 Å². The minimum Gasteiger partial charge on any atom is -0.543 e. The van der Waals surface area contributed by atoms with Crippen molar-refractivity contribution in [3.63, 3.8) is 0 Å². The number of amides is 1. The van der Waals surface area contributed by atoms with Gasteiger partial charge in [0.05, 0.1) is 7.11 Å². The van der Waals surface area contributed by atoms with Gasteiger partial charge in [-0.15, -0.1) is 0 Å². The molecule has 2 rings (SSSR count). The van der Waals surface area contributed by atoms with Crippen molar-refractivity contribution >= 4 is 20.2 Å². The number of carbonyl (C=O) groups is 2. The SMILES string of the molecule is COC(=O)C(C(C)C)N1Cc2ccc(O[Si](C)(C)C(C)(C)C)cc2C1=O. The van der Waals surface area contributed by atoms with Crippen molar-refractivity contribution in [2.75, 3.05) is 7.11 Å². The van der Waals surface area contributed by atoms with Gasteiger partial charge < -0.3 is 14.1 Å². The number of rotatable bonds is 5. The Bertz CT molecular complexity index is 706. The zero-order valence-electron chi connectivity index (χ0n) is 17.2. The van der Waals surface area contributed by atoms with Gasteiger partial charge in [0.25, 0.3) is 5.91 Å². The maximum atomic E-state index is 13.0. The van der Waals surface area contributed by atoms with Gasteiger partial charge in [0, 0.05) is 12.1 Å². The van der Waals surface area contributed by atoms with E-state index in [9.17, 15) is 9.59 Å². The van der Waals surface area contributed by atoms with Gasteiger partial charge in [-0.2, -0.15) is 0 Å². The number of esters is 1. The van der Waals surface area contributed by atoms with E-state index in [2.05, 4.69) is 33.9 Å². The maximum Gasteiger partial charge on any atom is 0.328 e. The van der Waals surface area contributed by atoms with Gasteiger partial charge in [0.2, 0.25) is 8.32 Å². The van der Waals surface area contributed by atoms with Gasteiger partial charge >= 0.3 is 5.97 Å². The van der Waals surface area contributed by atoms with Crippen LogP contribution >= 0.6 is 0 Å². The van der Waals surface area contributed by atoms with E-state index in [0.717, 1.165) is 11.3 Å². The van der Waals surface area contributed by atoms with Crippen LogP contribution < -0.4 is 4.43 Å². The topological polar surface area (TPSA) is 55.8 Å². The lowest BCUT2D eigenvalue weighted by molar-refractivity contribution is -0.147. The number of carbonyl (C=O) groups excluding carboxylic acids is 2. The Kier molecular flexibility index (Phi) is 5.56. The highest BCUT2D eigenvalue weighted by Crippen LogP contribution is 2.38. The predicted molar refractivity (Wildman–Crippen MR) is 105 cm³/mol. The molecule has 5 nitrogen and oxygen atoms in total. The summed E-state index contributed by atoms with van der Waals surface area (Å²) in [6.07, 6.45) is 0. The van der Waals surface area contributed by atoms with Gasteiger partial charge in [-0.05, 0) is 41.7 Å². The Morgan fingerprint density at radius 1 is 1.23 bits per heavy atom. The number of hydrogen-bond donors (Lipinski definition) is 0. The highest BCUT2D eigenvalue weighted by atomic mass is 28.4. The van der Waals surface area contributed by atoms with E-state index >= 15 is 0 Å². The van der Waals surface area contributed by atoms with Crippen LogP contribution in [0.15, 0.2) is 18.2 Å². The molecule has 1 atom stereocenters. The van der Waals surface area contributed by atoms with Gasteiger partial charge in [0.15, 0.2) is 0 Å². The molecular weight excluding hydrogens is 346 g/mol. The Balaban J connectivity index is 2.30. The molecule has 26 heavy (non-hydrogen) atoms. The van der Waals surface area contributed by atoms with Crippen LogP contribution in [0.1, 0.15) is 50.5 Å². The van der Waals surface area contributed by atoms with Crippen LogP contribution in [0.2, 0.25) is 18.1 Å². The fourth-order valence-corrected chi connectivity index (χ4v) is 3.94. The standard InChI is InChI=1S/C20H31NO4Si/c1-13(2)17(19(23)24-6)21-12-14-9-10-15(11-16(14)18(21)22)25-26(7,8)20(3,4)5/h9-11,13,17H,12H2,1-8H3. The lowest BCUT2D eigenvalue weighted by atomic mass is 10.0. The molecule has 0 bridgehead atoms. The molecule has 0 aliphatic carbocycles. The van der Waals surface area contributed by atoms with E-state index in [-0.39, 0.29) is 22.8 Å². The van der Waals surface area contributed by atoms with Crippen molar-refractivity contribution in [3.8, 4) is 5.75 Å². The van der Waals surface area contributed by atoms with Crippen LogP contribution in [0.25, 0.3) is 0 Å². The third-order valence-corrected chi connectivity index (χ3v) is 9.86. The van der Waals surface area contributed by atoms with Gasteiger partial charge in [-0.1, -0.05) is 40.7 Å². The zero-order valence-corrected chi connectivity index (χ0v) is 18.2. The molecule has 1 heterocycles. The molecule has 0 fully saturated rings. The second-order valence-corrected chi connectivity index (χ2v) is 13.6. The second-order valence-electron chi connectivity index (χ2n) is 8.83. The molecule has 1 aromatic rings. The first-order valence-electron chi connectivity index (χ1n) is 9.10. The first kappa shape index (κ1) is 20.5. The monoisotopic (exact) mass is 377 g/mol. The summed E-state index contributed by atoms with van der Waals surface area (Å²) in [6.45, 7) is 15.2. The van der Waals surface area contributed by atoms with Crippen LogP contribution in [-0.4, -0.2) is 38.2 Å². The van der Waals surface area contributed by atoms with Crippen molar-refractivity contribution in [3.05, 3.63) is 29.3 Å². The van der Waals surface area contributed by atoms with E-state index < -0.39 is 14.4 Å². The highest BCUT2D eigenvalue weighted by Gasteiger charge is 2.41. The minimum absolute atomic E-state index is 0.0244. The molecule has 1 aliphatic heterocycles. The average molecular weight is 378 g/mol. The summed E-state index contributed by atoms with van der Waals surface area (Å²) in [6, 6.07) is 5.11. The number of nitrogens with zero attached hydrogens (tertiary/aromatic N) is 1. The quantitative estimate of drug-likeness (QED) is 0.569. The second kappa shape index (κ2) is 7.06. The molecule has 0 aromatic heterocycles. The molecule has 1 amide bonds. The summed E-state index contributed by atoms with van der Waals surface area (Å²) in [7, 11) is -0.622. The summed E-state index contributed by atoms with van der Waals surface area (Å²) < 4.78 is 11.2. The van der Waals surface area contributed by atoms with E-state index in [0.29, 0.717) is 12.1 Å². The van der Waals surface area contributed by atoms with Crippen molar-refractivity contribution in [2.45, 2.75) is 65.3 Å². The minimum atomic E-state index is -1.98. The van der Waals surface area contributed by atoms with Gasteiger partial charge in [0.1, 0.15) is 11.8 Å². The largest absolute Gasteiger partial charge is 0.543 e. The molecule has 0 spiro atoms. The molecule has 6 heteroatoms. The maximum absolute atomic E-state index is 13.0. The first-order chi connectivity index (χ1) is 11.9. The summed E-state index contributed by atoms with van der Waals surface area (Å²) in [5.41, 5.74) is 1.54. The fraction of sp³-hybridized carbons (Fsp3) is 0.600. The third-order valence-electron chi connectivity index (χ3n) is 5.50. The molecule has 0 saturated heterocycles. The normalized spacial score (nSPS) is 15.9. The van der Waals surface area contributed by atoms with Crippen LogP contribution in [0, 0.1) is 5.92 Å². The summed E-state index contributed by atoms with van der Waals surface area (Å²) in [5.74, 6) is 0.192. The van der Waals surface area contributed by atoms with Crippen molar-refractivity contribution in [2.24, 2.45) is 5.92 Å². The van der Waals surface area contributed by atoms with Crippen molar-refractivity contribution in [1.82, 2.24) is 4.90 Å². The third kappa shape index (κ3) is 3.80. The number of benzene rings is 1. The van der Waals surface area contributed by atoms with Crippen LogP contribution in [0.4, 0.5) is 0 Å². The van der Waals surface area contributed by atoms with E-state index in [1.54, 1.807) is 4.90 Å². The number of fused-ring (bicyclic) bond motifs is 1. The summed E-state index contributed by atoms with van der Waals surface area (Å²) >= 11 is 0. The Morgan fingerprint density at radius 2 is 1.85 bits per heavy atom. The van der Waals surface area contributed by atoms with Gasteiger partial charge in [-0.3, -0.25) is 4.79 Å². The first-order valence-corrected chi connectivity index (χ1v) is 12.0. The number of ether oxygens (including phenoxy) is 1. The summed E-state index contributed by atoms with van der Waals surface area (Å²) in [4.78, 5) is 26.7. The lowest BCUT2D eigenvalue weighted by Crippen LogP contribution is -2.45. The van der Waals surface area contributed by atoms with Crippen LogP contribution in [-0.2, 0) is 16.1 Å². The molecule has 0 radical (unpaired) electrons. The number of hydrogen-bond acceptors (Lipinski definition) is 4. The summed E-state index contributed by atoms with van der Waals surface area (Å²) in [5, 5.41) is 0.0790. The molecule has 0 N–H and O–H groups in total. The molecule has 1 unspecified atom stereocenters. The Labute approximate surface area is 157 Å². The van der Waals surface area contributed by atoms with E-state index in [4.69, 9.17) is 9.16 Å². The molecule has 1 aliphatic rings. The Hall–Kier alpha value is -1.82. The molecule has 144 valence electrons. The smallest absolute Gasteiger partial charge is 0.328 e. The fourth-order valence-electron chi connectivity index (χ4n) is 2.92. The highest BCUT2D eigenvalue weighted by molar-refractivity contribution is 6.74. The van der Waals surface area contributed by atoms with Crippen molar-refractivity contribution in [1.29, 1.82) is 0 Å². The average Bonchev–Trinajstić information content (AvgIpc) is 2.82. The molecular formula is C20H31NO4Si. The Morgan fingerprint density at radius 3 is 2.35 bits per heavy atom. The van der Waals surface area contributed by atoms with Crippen LogP contribution in [0.5, 0.6) is 5.75 Å². The van der Waals surface area contributed by atoms with E-state index in [1.807, 2.05) is 32.0 Å². The zero-order chi connectivity index (χ0) is 19.9. The number of methoxy groups -OCH3 is 1. The van der Waals surface area contributed by atoms with E-state index in [1.165, 1.54) is 7.11 Å². The molecule has 0 saturated carbocycles. The van der Waals surface area contributed by atoms with Crippen LogP contribution in [0.3, 0.4) is 0 Å². The lowest BCUT2D eigenvalue weighted by Gasteiger charge is -2.36. The molecule has 1 aromatic carbocycles. The van der Waals surface area contributed by atoms with Gasteiger partial charge in [-0.25, -0.2) is 4.79 Å². The predicted octanol–water partition coefficient (Wildman–Crippen LogP) is 4.22.